The number of phenolic OH excluding ortho intramolecular Hbond substituents is 1. The predicted molar refractivity (Wildman–Crippen MR) is 92.7 cm³/mol. The average Bonchev–Trinajstić information content (AvgIpc) is 2.61. The second-order valence-electron chi connectivity index (χ2n) is 6.93. The highest BCUT2D eigenvalue weighted by Crippen LogP contribution is 2.27. The molecule has 2 aliphatic rings. The maximum absolute atomic E-state index is 12.4. The molecule has 4 nitrogen and oxygen atoms in total. The van der Waals surface area contributed by atoms with Gasteiger partial charge in [-0.15, -0.1) is 0 Å². The lowest BCUT2D eigenvalue weighted by Gasteiger charge is -2.36. The van der Waals surface area contributed by atoms with Gasteiger partial charge in [-0.3, -0.25) is 4.79 Å². The highest BCUT2D eigenvalue weighted by molar-refractivity contribution is 5.76. The molecule has 1 saturated heterocycles. The summed E-state index contributed by atoms with van der Waals surface area (Å²) in [6.07, 6.45) is 8.53. The summed E-state index contributed by atoms with van der Waals surface area (Å²) in [6.45, 7) is 3.37. The number of carbonyl (C=O) groups excluding carboxylic acids is 1. The number of hydrogen-bond acceptors (Lipinski definition) is 3. The molecule has 0 unspecified atom stereocenters. The Hall–Kier alpha value is -1.71. The van der Waals surface area contributed by atoms with E-state index in [9.17, 15) is 9.90 Å². The van der Waals surface area contributed by atoms with Crippen molar-refractivity contribution in [2.75, 3.05) is 31.1 Å². The monoisotopic (exact) mass is 316 g/mol. The number of amides is 1. The SMILES string of the molecule is O=C(CCC1CCCCC1)N1CCN(c2ccc(O)cc2)CC1. The van der Waals surface area contributed by atoms with E-state index < -0.39 is 0 Å². The third kappa shape index (κ3) is 4.40. The van der Waals surface area contributed by atoms with Gasteiger partial charge < -0.3 is 14.9 Å². The molecule has 0 spiro atoms. The van der Waals surface area contributed by atoms with Crippen molar-refractivity contribution < 1.29 is 9.90 Å². The van der Waals surface area contributed by atoms with Gasteiger partial charge in [0.25, 0.3) is 0 Å². The zero-order valence-electron chi connectivity index (χ0n) is 13.9. The van der Waals surface area contributed by atoms with Crippen molar-refractivity contribution >= 4 is 11.6 Å². The molecule has 126 valence electrons. The molecule has 0 atom stereocenters. The van der Waals surface area contributed by atoms with Crippen LogP contribution in [0.1, 0.15) is 44.9 Å². The van der Waals surface area contributed by atoms with Gasteiger partial charge in [0.2, 0.25) is 5.91 Å². The summed E-state index contributed by atoms with van der Waals surface area (Å²) < 4.78 is 0. The van der Waals surface area contributed by atoms with Gasteiger partial charge in [-0.25, -0.2) is 0 Å². The fourth-order valence-corrected chi connectivity index (χ4v) is 3.84. The Bertz CT molecular complexity index is 501. The molecule has 1 N–H and O–H groups in total. The van der Waals surface area contributed by atoms with Crippen molar-refractivity contribution in [1.29, 1.82) is 0 Å². The zero-order chi connectivity index (χ0) is 16.1. The van der Waals surface area contributed by atoms with Gasteiger partial charge in [0.05, 0.1) is 0 Å². The molecule has 23 heavy (non-hydrogen) atoms. The fraction of sp³-hybridized carbons (Fsp3) is 0.632. The predicted octanol–water partition coefficient (Wildman–Crippen LogP) is 3.40. The number of nitrogens with zero attached hydrogens (tertiary/aromatic N) is 2. The third-order valence-corrected chi connectivity index (χ3v) is 5.34. The lowest BCUT2D eigenvalue weighted by molar-refractivity contribution is -0.131. The molecule has 1 amide bonds. The van der Waals surface area contributed by atoms with E-state index in [4.69, 9.17) is 0 Å². The number of piperazine rings is 1. The van der Waals surface area contributed by atoms with Gasteiger partial charge in [0.1, 0.15) is 5.75 Å². The van der Waals surface area contributed by atoms with E-state index in [1.54, 1.807) is 12.1 Å². The van der Waals surface area contributed by atoms with E-state index in [-0.39, 0.29) is 0 Å². The Morgan fingerprint density at radius 1 is 1.00 bits per heavy atom. The van der Waals surface area contributed by atoms with E-state index in [2.05, 4.69) is 4.90 Å². The number of anilines is 1. The van der Waals surface area contributed by atoms with Gasteiger partial charge in [0.15, 0.2) is 0 Å². The second-order valence-corrected chi connectivity index (χ2v) is 6.93. The molecule has 1 aliphatic carbocycles. The van der Waals surface area contributed by atoms with Crippen molar-refractivity contribution in [2.24, 2.45) is 5.92 Å². The summed E-state index contributed by atoms with van der Waals surface area (Å²) in [5.74, 6) is 1.41. The summed E-state index contributed by atoms with van der Waals surface area (Å²) in [4.78, 5) is 16.7. The van der Waals surface area contributed by atoms with Crippen LogP contribution in [0.4, 0.5) is 5.69 Å². The van der Waals surface area contributed by atoms with Gasteiger partial charge in [-0.2, -0.15) is 0 Å². The standard InChI is InChI=1S/C19H28N2O2/c22-18-9-7-17(8-10-18)20-12-14-21(15-13-20)19(23)11-6-16-4-2-1-3-5-16/h7-10,16,22H,1-6,11-15H2. The van der Waals surface area contributed by atoms with Gasteiger partial charge in [-0.05, 0) is 36.6 Å². The summed E-state index contributed by atoms with van der Waals surface area (Å²) in [5, 5.41) is 9.36. The smallest absolute Gasteiger partial charge is 0.222 e. The topological polar surface area (TPSA) is 43.8 Å². The number of hydrogen-bond donors (Lipinski definition) is 1. The minimum Gasteiger partial charge on any atom is -0.508 e. The molecular formula is C19H28N2O2. The number of phenols is 1. The third-order valence-electron chi connectivity index (χ3n) is 5.34. The Kier molecular flexibility index (Phi) is 5.42. The molecular weight excluding hydrogens is 288 g/mol. The molecule has 3 rings (SSSR count). The molecule has 1 aliphatic heterocycles. The fourth-order valence-electron chi connectivity index (χ4n) is 3.84. The molecule has 1 saturated carbocycles. The first-order valence-electron chi connectivity index (χ1n) is 9.04. The van der Waals surface area contributed by atoms with Crippen LogP contribution in [0.25, 0.3) is 0 Å². The van der Waals surface area contributed by atoms with E-state index in [0.717, 1.165) is 50.6 Å². The van der Waals surface area contributed by atoms with Crippen LogP contribution in [0, 0.1) is 5.92 Å². The second kappa shape index (κ2) is 7.71. The van der Waals surface area contributed by atoms with Crippen LogP contribution in [0.3, 0.4) is 0 Å². The molecule has 2 fully saturated rings. The van der Waals surface area contributed by atoms with Crippen molar-refractivity contribution in [3.63, 3.8) is 0 Å². The Morgan fingerprint density at radius 3 is 2.30 bits per heavy atom. The molecule has 1 aromatic rings. The van der Waals surface area contributed by atoms with Gasteiger partial charge in [0, 0.05) is 38.3 Å². The van der Waals surface area contributed by atoms with Crippen molar-refractivity contribution in [2.45, 2.75) is 44.9 Å². The number of aromatic hydroxyl groups is 1. The number of benzene rings is 1. The Morgan fingerprint density at radius 2 is 1.65 bits per heavy atom. The van der Waals surface area contributed by atoms with E-state index in [1.165, 1.54) is 32.1 Å². The molecule has 1 aromatic carbocycles. The Balaban J connectivity index is 1.42. The molecule has 1 heterocycles. The summed E-state index contributed by atoms with van der Waals surface area (Å²) >= 11 is 0. The highest BCUT2D eigenvalue weighted by Gasteiger charge is 2.22. The van der Waals surface area contributed by atoms with Crippen LogP contribution in [-0.4, -0.2) is 42.1 Å². The average molecular weight is 316 g/mol. The summed E-state index contributed by atoms with van der Waals surface area (Å²) in [5.41, 5.74) is 1.12. The van der Waals surface area contributed by atoms with Crippen LogP contribution in [-0.2, 0) is 4.79 Å². The maximum Gasteiger partial charge on any atom is 0.222 e. The first-order chi connectivity index (χ1) is 11.2. The van der Waals surface area contributed by atoms with Gasteiger partial charge in [-0.1, -0.05) is 32.1 Å². The van der Waals surface area contributed by atoms with E-state index >= 15 is 0 Å². The first-order valence-corrected chi connectivity index (χ1v) is 9.04. The normalized spacial score (nSPS) is 19.8. The van der Waals surface area contributed by atoms with Crippen LogP contribution in [0.15, 0.2) is 24.3 Å². The lowest BCUT2D eigenvalue weighted by atomic mass is 9.86. The zero-order valence-corrected chi connectivity index (χ0v) is 13.9. The van der Waals surface area contributed by atoms with Crippen LogP contribution in [0.5, 0.6) is 5.75 Å². The maximum atomic E-state index is 12.4. The van der Waals surface area contributed by atoms with Gasteiger partial charge >= 0.3 is 0 Å². The minimum absolute atomic E-state index is 0.297. The number of rotatable bonds is 4. The van der Waals surface area contributed by atoms with Crippen molar-refractivity contribution in [1.82, 2.24) is 4.90 Å². The van der Waals surface area contributed by atoms with E-state index in [0.29, 0.717) is 11.7 Å². The molecule has 0 aromatic heterocycles. The molecule has 0 bridgehead atoms. The summed E-state index contributed by atoms with van der Waals surface area (Å²) in [7, 11) is 0. The highest BCUT2D eigenvalue weighted by atomic mass is 16.3. The minimum atomic E-state index is 0.297. The largest absolute Gasteiger partial charge is 0.508 e. The Labute approximate surface area is 139 Å². The van der Waals surface area contributed by atoms with Crippen LogP contribution < -0.4 is 4.90 Å². The van der Waals surface area contributed by atoms with Crippen LogP contribution >= 0.6 is 0 Å². The van der Waals surface area contributed by atoms with Crippen molar-refractivity contribution in [3.8, 4) is 5.75 Å². The number of carbonyl (C=O) groups is 1. The summed E-state index contributed by atoms with van der Waals surface area (Å²) in [6, 6.07) is 7.32. The molecule has 0 radical (unpaired) electrons. The quantitative estimate of drug-likeness (QED) is 0.926. The van der Waals surface area contributed by atoms with Crippen LogP contribution in [0.2, 0.25) is 0 Å². The van der Waals surface area contributed by atoms with Crippen molar-refractivity contribution in [3.05, 3.63) is 24.3 Å². The first kappa shape index (κ1) is 16.2. The lowest BCUT2D eigenvalue weighted by Crippen LogP contribution is -2.48. The molecule has 4 heteroatoms. The van der Waals surface area contributed by atoms with E-state index in [1.807, 2.05) is 17.0 Å².